The van der Waals surface area contributed by atoms with Crippen LogP contribution in [0, 0.1) is 0 Å². The summed E-state index contributed by atoms with van der Waals surface area (Å²) in [5.41, 5.74) is 4.33. The van der Waals surface area contributed by atoms with E-state index < -0.39 is 0 Å². The number of aromatic amines is 1. The van der Waals surface area contributed by atoms with Crippen molar-refractivity contribution in [2.75, 3.05) is 38.5 Å². The number of aromatic nitrogens is 4. The van der Waals surface area contributed by atoms with Crippen molar-refractivity contribution < 1.29 is 9.53 Å². The molecule has 2 saturated heterocycles. The van der Waals surface area contributed by atoms with E-state index in [1.165, 1.54) is 0 Å². The molecule has 0 spiro atoms. The van der Waals surface area contributed by atoms with Gasteiger partial charge in [-0.25, -0.2) is 14.8 Å². The number of amides is 2. The van der Waals surface area contributed by atoms with Crippen LogP contribution in [-0.4, -0.2) is 81.4 Å². The summed E-state index contributed by atoms with van der Waals surface area (Å²) in [6, 6.07) is 7.45. The molecule has 3 N–H and O–H groups in total. The van der Waals surface area contributed by atoms with Crippen LogP contribution in [0.4, 0.5) is 16.4 Å². The zero-order chi connectivity index (χ0) is 25.2. The Labute approximate surface area is 215 Å². The molecule has 5 rings (SSSR count). The molecule has 10 nitrogen and oxygen atoms in total. The van der Waals surface area contributed by atoms with Gasteiger partial charge in [0.1, 0.15) is 0 Å². The molecule has 2 fully saturated rings. The largest absolute Gasteiger partial charge is 0.372 e. The number of halogens is 1. The molecule has 0 unspecified atom stereocenters. The fraction of sp³-hybridized carbons (Fsp3) is 0.440. The van der Waals surface area contributed by atoms with E-state index in [1.54, 1.807) is 11.1 Å². The third-order valence-electron chi connectivity index (χ3n) is 6.40. The van der Waals surface area contributed by atoms with Gasteiger partial charge in [-0.15, -0.1) is 0 Å². The molecular weight excluding hydrogens is 480 g/mol. The molecule has 2 amide bonds. The number of carbonyl (C=O) groups excluding carboxylic acids is 1. The minimum absolute atomic E-state index is 0.113. The average Bonchev–Trinajstić information content (AvgIpc) is 3.25. The highest BCUT2D eigenvalue weighted by molar-refractivity contribution is 6.31. The number of benzene rings is 1. The standard InChI is InChI=1S/C25H31ClN8O2/c1-15(2)36-19-13-34(14-19)25(35)28-9-17-5-4-16(8-20(17)26)21-6-7-27-24(30-21)31-22-10-29-32-23(22)18-11-33(3)12-18/h4-8,10,15,18-19H,9,11-14H2,1-3H3,(H,28,35)(H,29,32)(H,27,30,31). The van der Waals surface area contributed by atoms with Gasteiger partial charge >= 0.3 is 6.03 Å². The van der Waals surface area contributed by atoms with Gasteiger partial charge in [0.05, 0.1) is 42.4 Å². The van der Waals surface area contributed by atoms with Crippen molar-refractivity contribution in [3.63, 3.8) is 0 Å². The highest BCUT2D eigenvalue weighted by Gasteiger charge is 2.32. The number of carbonyl (C=O) groups is 1. The fourth-order valence-corrected chi connectivity index (χ4v) is 4.74. The van der Waals surface area contributed by atoms with Gasteiger partial charge in [-0.1, -0.05) is 23.7 Å². The molecule has 2 aliphatic heterocycles. The summed E-state index contributed by atoms with van der Waals surface area (Å²) in [6.07, 6.45) is 3.83. The Morgan fingerprint density at radius 3 is 2.78 bits per heavy atom. The van der Waals surface area contributed by atoms with Crippen LogP contribution in [-0.2, 0) is 11.3 Å². The second-order valence-electron chi connectivity index (χ2n) is 9.67. The molecular formula is C25H31ClN8O2. The van der Waals surface area contributed by atoms with E-state index in [0.29, 0.717) is 36.5 Å². The lowest BCUT2D eigenvalue weighted by molar-refractivity contribution is -0.0641. The Bertz CT molecular complexity index is 1220. The van der Waals surface area contributed by atoms with E-state index in [0.717, 1.165) is 41.3 Å². The van der Waals surface area contributed by atoms with Gasteiger partial charge in [0.25, 0.3) is 0 Å². The lowest BCUT2D eigenvalue weighted by atomic mass is 9.96. The summed E-state index contributed by atoms with van der Waals surface area (Å²) >= 11 is 6.56. The number of likely N-dealkylation sites (tertiary alicyclic amines) is 2. The lowest BCUT2D eigenvalue weighted by Crippen LogP contribution is -2.58. The van der Waals surface area contributed by atoms with E-state index >= 15 is 0 Å². The zero-order valence-corrected chi connectivity index (χ0v) is 21.4. The van der Waals surface area contributed by atoms with Crippen LogP contribution in [0.25, 0.3) is 11.3 Å². The first-order valence-corrected chi connectivity index (χ1v) is 12.5. The van der Waals surface area contributed by atoms with Crippen molar-refractivity contribution in [2.24, 2.45) is 0 Å². The number of urea groups is 1. The molecule has 0 aliphatic carbocycles. The van der Waals surface area contributed by atoms with Gasteiger partial charge in [0.2, 0.25) is 5.95 Å². The second-order valence-corrected chi connectivity index (χ2v) is 10.1. The molecule has 0 saturated carbocycles. The summed E-state index contributed by atoms with van der Waals surface area (Å²) < 4.78 is 5.70. The van der Waals surface area contributed by atoms with Gasteiger partial charge in [0, 0.05) is 48.5 Å². The Morgan fingerprint density at radius 2 is 2.06 bits per heavy atom. The van der Waals surface area contributed by atoms with E-state index in [9.17, 15) is 4.79 Å². The van der Waals surface area contributed by atoms with Crippen LogP contribution < -0.4 is 10.6 Å². The fourth-order valence-electron chi connectivity index (χ4n) is 4.49. The van der Waals surface area contributed by atoms with Gasteiger partial charge in [0.15, 0.2) is 0 Å². The number of anilines is 2. The highest BCUT2D eigenvalue weighted by atomic mass is 35.5. The third kappa shape index (κ3) is 5.45. The topological polar surface area (TPSA) is 111 Å². The first-order chi connectivity index (χ1) is 17.4. The van der Waals surface area contributed by atoms with Crippen LogP contribution >= 0.6 is 11.6 Å². The van der Waals surface area contributed by atoms with Crippen molar-refractivity contribution in [3.05, 3.63) is 52.9 Å². The summed E-state index contributed by atoms with van der Waals surface area (Å²) in [5, 5.41) is 14.1. The monoisotopic (exact) mass is 510 g/mol. The summed E-state index contributed by atoms with van der Waals surface area (Å²) in [6.45, 7) is 7.53. The first-order valence-electron chi connectivity index (χ1n) is 12.1. The van der Waals surface area contributed by atoms with Crippen LogP contribution in [0.15, 0.2) is 36.7 Å². The molecule has 36 heavy (non-hydrogen) atoms. The van der Waals surface area contributed by atoms with Crippen molar-refractivity contribution in [1.82, 2.24) is 35.3 Å². The number of hydrogen-bond acceptors (Lipinski definition) is 7. The van der Waals surface area contributed by atoms with Gasteiger partial charge in [-0.05, 0) is 38.6 Å². The minimum atomic E-state index is -0.113. The van der Waals surface area contributed by atoms with Crippen molar-refractivity contribution in [1.29, 1.82) is 0 Å². The number of hydrogen-bond donors (Lipinski definition) is 3. The second kappa shape index (κ2) is 10.4. The summed E-state index contributed by atoms with van der Waals surface area (Å²) in [4.78, 5) is 25.4. The Hall–Kier alpha value is -3.21. The maximum absolute atomic E-state index is 12.4. The van der Waals surface area contributed by atoms with E-state index in [-0.39, 0.29) is 18.2 Å². The zero-order valence-electron chi connectivity index (χ0n) is 20.7. The van der Waals surface area contributed by atoms with Crippen LogP contribution in [0.5, 0.6) is 0 Å². The van der Waals surface area contributed by atoms with Crippen LogP contribution in [0.2, 0.25) is 5.02 Å². The molecule has 0 bridgehead atoms. The maximum Gasteiger partial charge on any atom is 0.317 e. The van der Waals surface area contributed by atoms with Crippen molar-refractivity contribution in [3.8, 4) is 11.3 Å². The molecule has 0 atom stereocenters. The third-order valence-corrected chi connectivity index (χ3v) is 6.75. The van der Waals surface area contributed by atoms with E-state index in [4.69, 9.17) is 16.3 Å². The smallest absolute Gasteiger partial charge is 0.317 e. The molecule has 4 heterocycles. The first kappa shape index (κ1) is 24.5. The molecule has 2 aliphatic rings. The Kier molecular flexibility index (Phi) is 7.08. The quantitative estimate of drug-likeness (QED) is 0.424. The summed E-state index contributed by atoms with van der Waals surface area (Å²) in [7, 11) is 2.10. The van der Waals surface area contributed by atoms with E-state index in [2.05, 4.69) is 42.7 Å². The lowest BCUT2D eigenvalue weighted by Gasteiger charge is -2.39. The highest BCUT2D eigenvalue weighted by Crippen LogP contribution is 2.31. The number of ether oxygens (including phenoxy) is 1. The molecule has 11 heteroatoms. The Balaban J connectivity index is 1.19. The molecule has 2 aromatic heterocycles. The normalized spacial score (nSPS) is 16.6. The predicted molar refractivity (Wildman–Crippen MR) is 138 cm³/mol. The number of nitrogens with one attached hydrogen (secondary N) is 3. The van der Waals surface area contributed by atoms with Gasteiger partial charge in [-0.3, -0.25) is 5.10 Å². The van der Waals surface area contributed by atoms with Crippen molar-refractivity contribution >= 4 is 29.3 Å². The average molecular weight is 511 g/mol. The number of nitrogens with zero attached hydrogens (tertiary/aromatic N) is 5. The maximum atomic E-state index is 12.4. The SMILES string of the molecule is CC(C)OC1CN(C(=O)NCc2ccc(-c3ccnc(Nc4c[nH]nc4C4CN(C)C4)n3)cc2Cl)C1. The molecule has 1 aromatic carbocycles. The van der Waals surface area contributed by atoms with Crippen LogP contribution in [0.3, 0.4) is 0 Å². The number of likely N-dealkylation sites (N-methyl/N-ethyl adjacent to an activating group) is 1. The molecule has 0 radical (unpaired) electrons. The summed E-state index contributed by atoms with van der Waals surface area (Å²) in [5.74, 6) is 0.888. The van der Waals surface area contributed by atoms with Crippen molar-refractivity contribution in [2.45, 2.75) is 38.5 Å². The number of H-pyrrole nitrogens is 1. The molecule has 3 aromatic rings. The predicted octanol–water partition coefficient (Wildman–Crippen LogP) is 3.61. The minimum Gasteiger partial charge on any atom is -0.372 e. The van der Waals surface area contributed by atoms with Gasteiger partial charge < -0.3 is 25.2 Å². The molecule has 190 valence electrons. The number of rotatable bonds is 8. The van der Waals surface area contributed by atoms with E-state index in [1.807, 2.05) is 44.3 Å². The van der Waals surface area contributed by atoms with Crippen LogP contribution in [0.1, 0.15) is 31.0 Å². The Morgan fingerprint density at radius 1 is 1.25 bits per heavy atom. The van der Waals surface area contributed by atoms with Gasteiger partial charge in [-0.2, -0.15) is 5.10 Å².